The van der Waals surface area contributed by atoms with E-state index in [1.165, 1.54) is 6.07 Å². The van der Waals surface area contributed by atoms with Crippen molar-refractivity contribution >= 4 is 11.7 Å². The predicted molar refractivity (Wildman–Crippen MR) is 80.4 cm³/mol. The molecule has 0 radical (unpaired) electrons. The van der Waals surface area contributed by atoms with Gasteiger partial charge in [-0.3, -0.25) is 4.79 Å². The Morgan fingerprint density at radius 2 is 2.24 bits per heavy atom. The molecule has 10 heteroatoms. The van der Waals surface area contributed by atoms with E-state index in [0.717, 1.165) is 12.3 Å². The van der Waals surface area contributed by atoms with Gasteiger partial charge in [-0.05, 0) is 18.6 Å². The molecule has 1 unspecified atom stereocenters. The molecule has 134 valence electrons. The molecule has 1 aliphatic heterocycles. The zero-order valence-corrected chi connectivity index (χ0v) is 13.4. The van der Waals surface area contributed by atoms with Crippen molar-refractivity contribution in [3.8, 4) is 0 Å². The second-order valence-corrected chi connectivity index (χ2v) is 5.78. The van der Waals surface area contributed by atoms with Crippen LogP contribution in [-0.4, -0.2) is 34.1 Å². The van der Waals surface area contributed by atoms with Gasteiger partial charge in [0.25, 0.3) is 0 Å². The normalized spacial score (nSPS) is 17.8. The Morgan fingerprint density at radius 1 is 1.44 bits per heavy atom. The molecule has 25 heavy (non-hydrogen) atoms. The summed E-state index contributed by atoms with van der Waals surface area (Å²) in [4.78, 5) is 21.8. The first-order valence-electron chi connectivity index (χ1n) is 7.68. The molecule has 3 rings (SSSR count). The van der Waals surface area contributed by atoms with Gasteiger partial charge in [0.1, 0.15) is 5.82 Å². The van der Waals surface area contributed by atoms with Crippen LogP contribution in [0.4, 0.5) is 19.0 Å². The van der Waals surface area contributed by atoms with Crippen LogP contribution in [0.5, 0.6) is 0 Å². The number of hydrogen-bond acceptors (Lipinski definition) is 6. The summed E-state index contributed by atoms with van der Waals surface area (Å²) in [6.45, 7) is 2.78. The fraction of sp³-hybridized carbons (Fsp3) is 0.467. The first-order valence-corrected chi connectivity index (χ1v) is 7.68. The number of alkyl halides is 3. The minimum atomic E-state index is -4.41. The second kappa shape index (κ2) is 6.69. The Balaban J connectivity index is 1.55. The van der Waals surface area contributed by atoms with E-state index in [-0.39, 0.29) is 18.4 Å². The van der Waals surface area contributed by atoms with Crippen LogP contribution in [-0.2, 0) is 17.5 Å². The van der Waals surface area contributed by atoms with Gasteiger partial charge in [0, 0.05) is 26.2 Å². The van der Waals surface area contributed by atoms with Crippen molar-refractivity contribution in [2.75, 3.05) is 18.0 Å². The third kappa shape index (κ3) is 4.06. The lowest BCUT2D eigenvalue weighted by molar-refractivity contribution is -0.137. The molecule has 1 saturated heterocycles. The molecule has 0 aromatic carbocycles. The average molecular weight is 355 g/mol. The molecular weight excluding hydrogens is 339 g/mol. The second-order valence-electron chi connectivity index (χ2n) is 5.78. The van der Waals surface area contributed by atoms with Crippen LogP contribution in [0.2, 0.25) is 0 Å². The molecule has 3 heterocycles. The summed E-state index contributed by atoms with van der Waals surface area (Å²) in [6.07, 6.45) is -3.01. The molecule has 1 N–H and O–H groups in total. The molecule has 0 spiro atoms. The molecule has 2 aromatic rings. The number of nitrogens with one attached hydrogen (secondary N) is 1. The molecule has 1 fully saturated rings. The summed E-state index contributed by atoms with van der Waals surface area (Å²) in [5.41, 5.74) is -0.792. The number of pyridine rings is 1. The molecule has 2 aromatic heterocycles. The lowest BCUT2D eigenvalue weighted by atomic mass is 10.1. The van der Waals surface area contributed by atoms with Crippen LogP contribution in [0, 0.1) is 12.8 Å². The number of hydrogen-bond donors (Lipinski definition) is 1. The van der Waals surface area contributed by atoms with Crippen molar-refractivity contribution in [3.05, 3.63) is 35.6 Å². The molecule has 0 aliphatic carbocycles. The van der Waals surface area contributed by atoms with Gasteiger partial charge in [-0.15, -0.1) is 0 Å². The summed E-state index contributed by atoms with van der Waals surface area (Å²) < 4.78 is 42.5. The van der Waals surface area contributed by atoms with Gasteiger partial charge < -0.3 is 14.7 Å². The van der Waals surface area contributed by atoms with Gasteiger partial charge in [-0.25, -0.2) is 4.98 Å². The van der Waals surface area contributed by atoms with Crippen molar-refractivity contribution in [2.45, 2.75) is 26.1 Å². The molecule has 1 atom stereocenters. The maximum atomic E-state index is 12.6. The summed E-state index contributed by atoms with van der Waals surface area (Å²) in [7, 11) is 0. The van der Waals surface area contributed by atoms with E-state index >= 15 is 0 Å². The lowest BCUT2D eigenvalue weighted by Crippen LogP contribution is -2.32. The van der Waals surface area contributed by atoms with Crippen molar-refractivity contribution in [1.82, 2.24) is 20.4 Å². The Hall–Kier alpha value is -2.65. The molecule has 0 bridgehead atoms. The van der Waals surface area contributed by atoms with Crippen LogP contribution < -0.4 is 10.2 Å². The number of amides is 1. The molecule has 1 amide bonds. The zero-order chi connectivity index (χ0) is 18.0. The quantitative estimate of drug-likeness (QED) is 0.902. The maximum Gasteiger partial charge on any atom is 0.417 e. The average Bonchev–Trinajstić information content (AvgIpc) is 3.21. The number of nitrogens with zero attached hydrogens (tertiary/aromatic N) is 4. The smallest absolute Gasteiger partial charge is 0.356 e. The number of aromatic nitrogens is 3. The summed E-state index contributed by atoms with van der Waals surface area (Å²) in [5.74, 6) is 0.820. The highest BCUT2D eigenvalue weighted by Crippen LogP contribution is 2.30. The fourth-order valence-corrected chi connectivity index (χ4v) is 2.65. The van der Waals surface area contributed by atoms with Crippen molar-refractivity contribution < 1.29 is 22.5 Å². The van der Waals surface area contributed by atoms with E-state index < -0.39 is 11.7 Å². The van der Waals surface area contributed by atoms with E-state index in [2.05, 4.69) is 20.4 Å². The number of aryl methyl sites for hydroxylation is 1. The van der Waals surface area contributed by atoms with Crippen LogP contribution in [0.1, 0.15) is 23.7 Å². The summed E-state index contributed by atoms with van der Waals surface area (Å²) in [6, 6.07) is 2.32. The first kappa shape index (κ1) is 17.2. The lowest BCUT2D eigenvalue weighted by Gasteiger charge is -2.18. The monoisotopic (exact) mass is 355 g/mol. The minimum absolute atomic E-state index is 0.156. The highest BCUT2D eigenvalue weighted by atomic mass is 19.4. The Bertz CT molecular complexity index is 744. The Labute approximate surface area is 141 Å². The topological polar surface area (TPSA) is 84.2 Å². The first-order chi connectivity index (χ1) is 11.8. The third-order valence-corrected chi connectivity index (χ3v) is 3.95. The van der Waals surface area contributed by atoms with Gasteiger partial charge in [0.05, 0.1) is 18.0 Å². The van der Waals surface area contributed by atoms with E-state index in [0.29, 0.717) is 37.0 Å². The number of carbonyl (C=O) groups is 1. The molecule has 1 aliphatic rings. The van der Waals surface area contributed by atoms with E-state index in [9.17, 15) is 18.0 Å². The van der Waals surface area contributed by atoms with E-state index in [4.69, 9.17) is 4.52 Å². The van der Waals surface area contributed by atoms with Crippen LogP contribution in [0.3, 0.4) is 0 Å². The van der Waals surface area contributed by atoms with Gasteiger partial charge in [0.2, 0.25) is 11.8 Å². The summed E-state index contributed by atoms with van der Waals surface area (Å²) in [5, 5.41) is 6.43. The number of carbonyl (C=O) groups excluding carboxylic acids is 1. The highest BCUT2D eigenvalue weighted by molar-refractivity contribution is 5.79. The van der Waals surface area contributed by atoms with Gasteiger partial charge in [-0.2, -0.15) is 18.2 Å². The highest BCUT2D eigenvalue weighted by Gasteiger charge is 2.32. The van der Waals surface area contributed by atoms with Gasteiger partial charge >= 0.3 is 6.18 Å². The van der Waals surface area contributed by atoms with E-state index in [1.807, 2.05) is 0 Å². The Kier molecular flexibility index (Phi) is 4.60. The largest absolute Gasteiger partial charge is 0.417 e. The Morgan fingerprint density at radius 3 is 2.84 bits per heavy atom. The van der Waals surface area contributed by atoms with Gasteiger partial charge in [0.15, 0.2) is 5.82 Å². The minimum Gasteiger partial charge on any atom is -0.356 e. The third-order valence-electron chi connectivity index (χ3n) is 3.95. The maximum absolute atomic E-state index is 12.6. The number of halogens is 3. The summed E-state index contributed by atoms with van der Waals surface area (Å²) >= 11 is 0. The zero-order valence-electron chi connectivity index (χ0n) is 13.4. The van der Waals surface area contributed by atoms with Crippen molar-refractivity contribution in [2.24, 2.45) is 5.92 Å². The van der Waals surface area contributed by atoms with Gasteiger partial charge in [-0.1, -0.05) is 5.16 Å². The molecule has 7 nitrogen and oxygen atoms in total. The van der Waals surface area contributed by atoms with Crippen LogP contribution >= 0.6 is 0 Å². The predicted octanol–water partition coefficient (Wildman–Crippen LogP) is 1.93. The molecule has 0 saturated carbocycles. The SMILES string of the molecule is Cc1nc(CNC(=O)C2CCN(c3ccc(C(F)(F)F)cn3)C2)no1. The molecular formula is C15H16F3N5O2. The fourth-order valence-electron chi connectivity index (χ4n) is 2.65. The number of rotatable bonds is 4. The van der Waals surface area contributed by atoms with Crippen molar-refractivity contribution in [3.63, 3.8) is 0 Å². The van der Waals surface area contributed by atoms with Crippen LogP contribution in [0.25, 0.3) is 0 Å². The van der Waals surface area contributed by atoms with Crippen LogP contribution in [0.15, 0.2) is 22.9 Å². The van der Waals surface area contributed by atoms with E-state index in [1.54, 1.807) is 11.8 Å². The number of anilines is 1. The standard InChI is InChI=1S/C15H16F3N5O2/c1-9-21-12(22-25-9)7-20-14(24)10-4-5-23(8-10)13-3-2-11(6-19-13)15(16,17)18/h2-3,6,10H,4-5,7-8H2,1H3,(H,20,24). The van der Waals surface area contributed by atoms with Crippen molar-refractivity contribution in [1.29, 1.82) is 0 Å².